The van der Waals surface area contributed by atoms with Crippen molar-refractivity contribution in [3.8, 4) is 0 Å². The molecule has 2 aromatic rings. The molecule has 5 nitrogen and oxygen atoms in total. The van der Waals surface area contributed by atoms with Gasteiger partial charge in [0.2, 0.25) is 0 Å². The SMILES string of the molecule is CCn1ncc(/C=C2/NC(=S)N(c3ccc(F)cc3)C2=O)c1C. The van der Waals surface area contributed by atoms with Gasteiger partial charge in [-0.05, 0) is 56.4 Å². The summed E-state index contributed by atoms with van der Waals surface area (Å²) in [5.41, 5.74) is 2.73. The van der Waals surface area contributed by atoms with E-state index in [1.54, 1.807) is 12.3 Å². The van der Waals surface area contributed by atoms with Crippen LogP contribution in [0.5, 0.6) is 0 Å². The minimum atomic E-state index is -0.363. The number of amides is 1. The van der Waals surface area contributed by atoms with Crippen LogP contribution in [0, 0.1) is 12.7 Å². The maximum atomic E-state index is 13.0. The molecule has 1 aromatic heterocycles. The summed E-state index contributed by atoms with van der Waals surface area (Å²) in [6, 6.07) is 5.62. The molecule has 1 amide bonds. The van der Waals surface area contributed by atoms with E-state index in [0.29, 0.717) is 11.4 Å². The fraction of sp³-hybridized carbons (Fsp3) is 0.188. The van der Waals surface area contributed by atoms with Crippen LogP contribution in [0.25, 0.3) is 6.08 Å². The molecular weight excluding hydrogens is 315 g/mol. The number of hydrogen-bond acceptors (Lipinski definition) is 3. The Kier molecular flexibility index (Phi) is 3.96. The molecule has 118 valence electrons. The first-order valence-corrected chi connectivity index (χ1v) is 7.57. The van der Waals surface area contributed by atoms with Crippen LogP contribution in [0.3, 0.4) is 0 Å². The predicted octanol–water partition coefficient (Wildman–Crippen LogP) is 2.61. The van der Waals surface area contributed by atoms with E-state index in [1.807, 2.05) is 18.5 Å². The first-order valence-electron chi connectivity index (χ1n) is 7.16. The van der Waals surface area contributed by atoms with Gasteiger partial charge in [0.25, 0.3) is 5.91 Å². The van der Waals surface area contributed by atoms with E-state index in [0.717, 1.165) is 17.8 Å². The van der Waals surface area contributed by atoms with Crippen LogP contribution in [0.1, 0.15) is 18.2 Å². The van der Waals surface area contributed by atoms with Crippen molar-refractivity contribution >= 4 is 35.0 Å². The number of halogens is 1. The van der Waals surface area contributed by atoms with Gasteiger partial charge in [0, 0.05) is 17.8 Å². The third-order valence-corrected chi connectivity index (χ3v) is 3.99. The molecule has 1 aromatic carbocycles. The van der Waals surface area contributed by atoms with Gasteiger partial charge in [-0.1, -0.05) is 0 Å². The average Bonchev–Trinajstić information content (AvgIpc) is 3.02. The quantitative estimate of drug-likeness (QED) is 0.694. The zero-order chi connectivity index (χ0) is 16.6. The van der Waals surface area contributed by atoms with Gasteiger partial charge < -0.3 is 5.32 Å². The number of nitrogens with one attached hydrogen (secondary N) is 1. The summed E-state index contributed by atoms with van der Waals surface area (Å²) in [4.78, 5) is 13.9. The molecule has 23 heavy (non-hydrogen) atoms. The molecule has 0 saturated carbocycles. The van der Waals surface area contributed by atoms with E-state index in [2.05, 4.69) is 10.4 Å². The molecule has 1 aliphatic heterocycles. The molecule has 0 atom stereocenters. The van der Waals surface area contributed by atoms with Crippen LogP contribution < -0.4 is 10.2 Å². The topological polar surface area (TPSA) is 50.2 Å². The van der Waals surface area contributed by atoms with Crippen molar-refractivity contribution in [3.63, 3.8) is 0 Å². The van der Waals surface area contributed by atoms with Gasteiger partial charge in [-0.25, -0.2) is 4.39 Å². The highest BCUT2D eigenvalue weighted by Crippen LogP contribution is 2.23. The molecule has 7 heteroatoms. The number of carbonyl (C=O) groups is 1. The van der Waals surface area contributed by atoms with Gasteiger partial charge in [-0.15, -0.1) is 0 Å². The third-order valence-electron chi connectivity index (χ3n) is 3.70. The Balaban J connectivity index is 1.93. The van der Waals surface area contributed by atoms with Crippen molar-refractivity contribution in [3.05, 3.63) is 53.2 Å². The van der Waals surface area contributed by atoms with Crippen molar-refractivity contribution < 1.29 is 9.18 Å². The Morgan fingerprint density at radius 1 is 1.35 bits per heavy atom. The zero-order valence-corrected chi connectivity index (χ0v) is 13.5. The number of aromatic nitrogens is 2. The first kappa shape index (κ1) is 15.4. The summed E-state index contributed by atoms with van der Waals surface area (Å²) in [5, 5.41) is 7.43. The molecule has 1 fully saturated rings. The highest BCUT2D eigenvalue weighted by Gasteiger charge is 2.32. The van der Waals surface area contributed by atoms with Crippen LogP contribution >= 0.6 is 12.2 Å². The van der Waals surface area contributed by atoms with Gasteiger partial charge in [0.1, 0.15) is 11.5 Å². The van der Waals surface area contributed by atoms with Gasteiger partial charge in [0.05, 0.1) is 11.9 Å². The summed E-state index contributed by atoms with van der Waals surface area (Å²) in [6.45, 7) is 4.70. The maximum Gasteiger partial charge on any atom is 0.281 e. The Bertz CT molecular complexity index is 810. The van der Waals surface area contributed by atoms with Gasteiger partial charge >= 0.3 is 0 Å². The van der Waals surface area contributed by atoms with Crippen molar-refractivity contribution in [2.45, 2.75) is 20.4 Å². The summed E-state index contributed by atoms with van der Waals surface area (Å²) >= 11 is 5.23. The average molecular weight is 330 g/mol. The van der Waals surface area contributed by atoms with E-state index < -0.39 is 0 Å². The number of nitrogens with zero attached hydrogens (tertiary/aromatic N) is 3. The Morgan fingerprint density at radius 3 is 2.65 bits per heavy atom. The minimum absolute atomic E-state index is 0.272. The van der Waals surface area contributed by atoms with Crippen LogP contribution in [-0.2, 0) is 11.3 Å². The molecular formula is C16H15FN4OS. The summed E-state index contributed by atoms with van der Waals surface area (Å²) in [5.74, 6) is -0.636. The summed E-state index contributed by atoms with van der Waals surface area (Å²) in [6.07, 6.45) is 3.44. The van der Waals surface area contributed by atoms with Crippen LogP contribution in [-0.4, -0.2) is 20.8 Å². The Labute approximate surface area is 138 Å². The second kappa shape index (κ2) is 5.92. The largest absolute Gasteiger partial charge is 0.327 e. The smallest absolute Gasteiger partial charge is 0.281 e. The highest BCUT2D eigenvalue weighted by molar-refractivity contribution is 7.80. The van der Waals surface area contributed by atoms with Crippen LogP contribution in [0.15, 0.2) is 36.2 Å². The van der Waals surface area contributed by atoms with Crippen molar-refractivity contribution in [1.82, 2.24) is 15.1 Å². The second-order valence-electron chi connectivity index (χ2n) is 5.11. The van der Waals surface area contributed by atoms with Gasteiger partial charge in [0.15, 0.2) is 5.11 Å². The molecule has 0 aliphatic carbocycles. The zero-order valence-electron chi connectivity index (χ0n) is 12.7. The number of aryl methyl sites for hydroxylation is 1. The summed E-state index contributed by atoms with van der Waals surface area (Å²) in [7, 11) is 0. The molecule has 1 aliphatic rings. The second-order valence-corrected chi connectivity index (χ2v) is 5.49. The van der Waals surface area contributed by atoms with Gasteiger partial charge in [-0.2, -0.15) is 5.10 Å². The van der Waals surface area contributed by atoms with E-state index in [1.165, 1.54) is 29.2 Å². The van der Waals surface area contributed by atoms with E-state index in [-0.39, 0.29) is 16.8 Å². The van der Waals surface area contributed by atoms with Gasteiger partial charge in [-0.3, -0.25) is 14.4 Å². The number of rotatable bonds is 3. The molecule has 0 spiro atoms. The minimum Gasteiger partial charge on any atom is -0.327 e. The number of thiocarbonyl (C=S) groups is 1. The van der Waals surface area contributed by atoms with E-state index >= 15 is 0 Å². The molecule has 0 unspecified atom stereocenters. The first-order chi connectivity index (χ1) is 11.0. The molecule has 0 radical (unpaired) electrons. The fourth-order valence-corrected chi connectivity index (χ4v) is 2.73. The van der Waals surface area contributed by atoms with E-state index in [4.69, 9.17) is 12.2 Å². The lowest BCUT2D eigenvalue weighted by Gasteiger charge is -2.13. The molecule has 1 N–H and O–H groups in total. The monoisotopic (exact) mass is 330 g/mol. The van der Waals surface area contributed by atoms with Crippen molar-refractivity contribution in [2.24, 2.45) is 0 Å². The summed E-state index contributed by atoms with van der Waals surface area (Å²) < 4.78 is 14.9. The molecule has 2 heterocycles. The lowest BCUT2D eigenvalue weighted by atomic mass is 10.2. The third kappa shape index (κ3) is 2.75. The highest BCUT2D eigenvalue weighted by atomic mass is 32.1. The molecule has 1 saturated heterocycles. The van der Waals surface area contributed by atoms with E-state index in [9.17, 15) is 9.18 Å². The fourth-order valence-electron chi connectivity index (χ4n) is 2.44. The maximum absolute atomic E-state index is 13.0. The lowest BCUT2D eigenvalue weighted by Crippen LogP contribution is -2.30. The van der Waals surface area contributed by atoms with Crippen LogP contribution in [0.4, 0.5) is 10.1 Å². The lowest BCUT2D eigenvalue weighted by molar-refractivity contribution is -0.113. The number of anilines is 1. The normalized spacial score (nSPS) is 16.3. The number of benzene rings is 1. The number of carbonyl (C=O) groups excluding carboxylic acids is 1. The molecule has 3 rings (SSSR count). The Hall–Kier alpha value is -2.54. The van der Waals surface area contributed by atoms with Crippen molar-refractivity contribution in [2.75, 3.05) is 4.90 Å². The predicted molar refractivity (Wildman–Crippen MR) is 90.2 cm³/mol. The number of hydrogen-bond donors (Lipinski definition) is 1. The standard InChI is InChI=1S/C16H15FN4OS/c1-3-20-10(2)11(9-18-20)8-14-15(22)21(16(23)19-14)13-6-4-12(17)5-7-13/h4-9H,3H2,1-2H3,(H,19,23)/b14-8+. The van der Waals surface area contributed by atoms with Crippen molar-refractivity contribution in [1.29, 1.82) is 0 Å². The molecule has 0 bridgehead atoms. The Morgan fingerprint density at radius 2 is 2.04 bits per heavy atom. The van der Waals surface area contributed by atoms with Crippen LogP contribution in [0.2, 0.25) is 0 Å².